The standard InChI is InChI=1S/C22H42N6O3/c1-6-9-18(25-21(30)31-22(2,3)4)16-24-20(23-5)28-14-12-26(13-15-28)17-19(29)27-10-7-8-11-27/h18H,6-17H2,1-5H3,(H,23,24)(H,25,30). The van der Waals surface area contributed by atoms with Crippen LogP contribution in [-0.2, 0) is 9.53 Å². The summed E-state index contributed by atoms with van der Waals surface area (Å²) in [7, 11) is 1.78. The van der Waals surface area contributed by atoms with Crippen LogP contribution < -0.4 is 10.6 Å². The van der Waals surface area contributed by atoms with Crippen LogP contribution in [0.4, 0.5) is 4.79 Å². The van der Waals surface area contributed by atoms with E-state index in [0.29, 0.717) is 13.1 Å². The topological polar surface area (TPSA) is 89.5 Å². The Bertz CT molecular complexity index is 605. The number of nitrogens with one attached hydrogen (secondary N) is 2. The molecule has 0 radical (unpaired) electrons. The number of hydrogen-bond acceptors (Lipinski definition) is 5. The lowest BCUT2D eigenvalue weighted by Gasteiger charge is -2.37. The molecule has 9 heteroatoms. The van der Waals surface area contributed by atoms with Gasteiger partial charge in [0.25, 0.3) is 0 Å². The summed E-state index contributed by atoms with van der Waals surface area (Å²) >= 11 is 0. The molecule has 0 aromatic carbocycles. The van der Waals surface area contributed by atoms with Gasteiger partial charge in [0.1, 0.15) is 5.60 Å². The number of ether oxygens (including phenoxy) is 1. The van der Waals surface area contributed by atoms with E-state index in [1.807, 2.05) is 25.7 Å². The second kappa shape index (κ2) is 12.1. The van der Waals surface area contributed by atoms with E-state index in [1.165, 1.54) is 0 Å². The second-order valence-electron chi connectivity index (χ2n) is 9.41. The number of rotatable bonds is 7. The van der Waals surface area contributed by atoms with E-state index in [4.69, 9.17) is 4.74 Å². The molecule has 2 rings (SSSR count). The van der Waals surface area contributed by atoms with Crippen LogP contribution in [-0.4, -0.2) is 104 Å². The molecule has 0 aromatic rings. The number of piperazine rings is 1. The van der Waals surface area contributed by atoms with Crippen molar-refractivity contribution in [2.45, 2.75) is 65.0 Å². The van der Waals surface area contributed by atoms with Gasteiger partial charge in [0.15, 0.2) is 5.96 Å². The van der Waals surface area contributed by atoms with Crippen LogP contribution in [0.1, 0.15) is 53.4 Å². The zero-order chi connectivity index (χ0) is 22.9. The number of carbonyl (C=O) groups excluding carboxylic acids is 2. The van der Waals surface area contributed by atoms with E-state index in [1.54, 1.807) is 7.05 Å². The van der Waals surface area contributed by atoms with Gasteiger partial charge in [-0.05, 0) is 40.0 Å². The molecule has 2 heterocycles. The molecule has 2 amide bonds. The van der Waals surface area contributed by atoms with Crippen molar-refractivity contribution in [1.29, 1.82) is 0 Å². The number of alkyl carbamates (subject to hydrolysis) is 1. The molecule has 0 bridgehead atoms. The van der Waals surface area contributed by atoms with Gasteiger partial charge in [-0.1, -0.05) is 13.3 Å². The molecule has 2 fully saturated rings. The van der Waals surface area contributed by atoms with Gasteiger partial charge in [0.05, 0.1) is 6.54 Å². The van der Waals surface area contributed by atoms with Crippen molar-refractivity contribution in [3.8, 4) is 0 Å². The fraction of sp³-hybridized carbons (Fsp3) is 0.864. The third-order valence-electron chi connectivity index (χ3n) is 5.57. The quantitative estimate of drug-likeness (QED) is 0.463. The second-order valence-corrected chi connectivity index (χ2v) is 9.41. The van der Waals surface area contributed by atoms with Gasteiger partial charge in [-0.15, -0.1) is 0 Å². The molecule has 9 nitrogen and oxygen atoms in total. The Morgan fingerprint density at radius 3 is 2.23 bits per heavy atom. The molecule has 0 spiro atoms. The third-order valence-corrected chi connectivity index (χ3v) is 5.57. The summed E-state index contributed by atoms with van der Waals surface area (Å²) in [4.78, 5) is 35.4. The average Bonchev–Trinajstić information content (AvgIpc) is 3.23. The summed E-state index contributed by atoms with van der Waals surface area (Å²) in [5, 5.41) is 6.37. The number of hydrogen-bond donors (Lipinski definition) is 2. The van der Waals surface area contributed by atoms with Crippen LogP contribution in [0, 0.1) is 0 Å². The van der Waals surface area contributed by atoms with Crippen molar-refractivity contribution < 1.29 is 14.3 Å². The van der Waals surface area contributed by atoms with Crippen molar-refractivity contribution in [3.63, 3.8) is 0 Å². The molecular weight excluding hydrogens is 396 g/mol. The Kier molecular flexibility index (Phi) is 9.87. The fourth-order valence-corrected chi connectivity index (χ4v) is 3.97. The Balaban J connectivity index is 1.77. The maximum atomic E-state index is 12.4. The minimum absolute atomic E-state index is 0.0315. The van der Waals surface area contributed by atoms with Gasteiger partial charge >= 0.3 is 6.09 Å². The van der Waals surface area contributed by atoms with E-state index in [-0.39, 0.29) is 18.0 Å². The Labute approximate surface area is 187 Å². The first-order valence-electron chi connectivity index (χ1n) is 11.7. The van der Waals surface area contributed by atoms with Crippen LogP contribution in [0.25, 0.3) is 0 Å². The van der Waals surface area contributed by atoms with Gasteiger partial charge < -0.3 is 25.2 Å². The lowest BCUT2D eigenvalue weighted by atomic mass is 10.1. The van der Waals surface area contributed by atoms with Gasteiger partial charge in [-0.25, -0.2) is 4.79 Å². The summed E-state index contributed by atoms with van der Waals surface area (Å²) in [6.45, 7) is 13.9. The van der Waals surface area contributed by atoms with E-state index >= 15 is 0 Å². The normalized spacial score (nSPS) is 19.3. The van der Waals surface area contributed by atoms with Crippen molar-refractivity contribution >= 4 is 18.0 Å². The highest BCUT2D eigenvalue weighted by Crippen LogP contribution is 2.10. The Morgan fingerprint density at radius 2 is 1.68 bits per heavy atom. The minimum atomic E-state index is -0.514. The monoisotopic (exact) mass is 438 g/mol. The molecule has 31 heavy (non-hydrogen) atoms. The van der Waals surface area contributed by atoms with E-state index in [9.17, 15) is 9.59 Å². The van der Waals surface area contributed by atoms with Crippen LogP contribution in [0.5, 0.6) is 0 Å². The van der Waals surface area contributed by atoms with Crippen molar-refractivity contribution in [1.82, 2.24) is 25.3 Å². The van der Waals surface area contributed by atoms with Crippen molar-refractivity contribution in [2.24, 2.45) is 4.99 Å². The predicted octanol–water partition coefficient (Wildman–Crippen LogP) is 1.50. The van der Waals surface area contributed by atoms with Crippen LogP contribution in [0.15, 0.2) is 4.99 Å². The third kappa shape index (κ3) is 8.93. The fourth-order valence-electron chi connectivity index (χ4n) is 3.97. The SMILES string of the molecule is CCCC(CNC(=NC)N1CCN(CC(=O)N2CCCC2)CC1)NC(=O)OC(C)(C)C. The number of likely N-dealkylation sites (tertiary alicyclic amines) is 1. The first-order chi connectivity index (χ1) is 14.7. The Hall–Kier alpha value is -2.03. The van der Waals surface area contributed by atoms with Gasteiger partial charge in [0, 0.05) is 58.9 Å². The zero-order valence-corrected chi connectivity index (χ0v) is 20.1. The number of carbonyl (C=O) groups is 2. The summed E-state index contributed by atoms with van der Waals surface area (Å²) in [6, 6.07) is -0.0315. The number of nitrogens with zero attached hydrogens (tertiary/aromatic N) is 4. The largest absolute Gasteiger partial charge is 0.444 e. The molecule has 1 unspecified atom stereocenters. The molecule has 178 valence electrons. The molecule has 0 aromatic heterocycles. The predicted molar refractivity (Wildman–Crippen MR) is 123 cm³/mol. The molecule has 2 N–H and O–H groups in total. The molecule has 2 saturated heterocycles. The molecular formula is C22H42N6O3. The van der Waals surface area contributed by atoms with E-state index in [2.05, 4.69) is 32.3 Å². The highest BCUT2D eigenvalue weighted by molar-refractivity contribution is 5.80. The van der Waals surface area contributed by atoms with Gasteiger partial charge in [0.2, 0.25) is 5.91 Å². The molecule has 1 atom stereocenters. The number of aliphatic imine (C=N–C) groups is 1. The Morgan fingerprint density at radius 1 is 1.03 bits per heavy atom. The van der Waals surface area contributed by atoms with Gasteiger partial charge in [-0.3, -0.25) is 14.7 Å². The first kappa shape index (κ1) is 25.2. The van der Waals surface area contributed by atoms with Gasteiger partial charge in [-0.2, -0.15) is 0 Å². The highest BCUT2D eigenvalue weighted by atomic mass is 16.6. The average molecular weight is 439 g/mol. The number of guanidine groups is 1. The van der Waals surface area contributed by atoms with E-state index < -0.39 is 5.60 Å². The van der Waals surface area contributed by atoms with Crippen molar-refractivity contribution in [3.05, 3.63) is 0 Å². The summed E-state index contributed by atoms with van der Waals surface area (Å²) in [6.07, 6.45) is 3.69. The lowest BCUT2D eigenvalue weighted by molar-refractivity contribution is -0.131. The lowest BCUT2D eigenvalue weighted by Crippen LogP contribution is -2.55. The first-order valence-corrected chi connectivity index (χ1v) is 11.7. The molecule has 0 saturated carbocycles. The maximum absolute atomic E-state index is 12.4. The van der Waals surface area contributed by atoms with Crippen LogP contribution in [0.3, 0.4) is 0 Å². The number of amides is 2. The van der Waals surface area contributed by atoms with Crippen LogP contribution in [0.2, 0.25) is 0 Å². The maximum Gasteiger partial charge on any atom is 0.407 e. The highest BCUT2D eigenvalue weighted by Gasteiger charge is 2.25. The zero-order valence-electron chi connectivity index (χ0n) is 20.1. The van der Waals surface area contributed by atoms with Crippen LogP contribution >= 0.6 is 0 Å². The summed E-state index contributed by atoms with van der Waals surface area (Å²) in [5.74, 6) is 1.08. The summed E-state index contributed by atoms with van der Waals surface area (Å²) < 4.78 is 5.39. The molecule has 0 aliphatic carbocycles. The minimum Gasteiger partial charge on any atom is -0.444 e. The summed E-state index contributed by atoms with van der Waals surface area (Å²) in [5.41, 5.74) is -0.514. The molecule has 2 aliphatic heterocycles. The molecule has 2 aliphatic rings. The smallest absolute Gasteiger partial charge is 0.407 e. The van der Waals surface area contributed by atoms with Crippen molar-refractivity contribution in [2.75, 3.05) is 59.4 Å². The van der Waals surface area contributed by atoms with E-state index in [0.717, 1.165) is 70.9 Å².